The van der Waals surface area contributed by atoms with Crippen molar-refractivity contribution in [2.45, 2.75) is 26.0 Å². The first kappa shape index (κ1) is 16.8. The Labute approximate surface area is 144 Å². The number of rotatable bonds is 6. The number of hydrogen-bond donors (Lipinski definition) is 2. The van der Waals surface area contributed by atoms with Gasteiger partial charge in [-0.25, -0.2) is 4.98 Å². The molecule has 2 heterocycles. The summed E-state index contributed by atoms with van der Waals surface area (Å²) in [5.74, 6) is 0.655. The quantitative estimate of drug-likeness (QED) is 0.722. The van der Waals surface area contributed by atoms with Crippen LogP contribution in [0.4, 0.5) is 0 Å². The van der Waals surface area contributed by atoms with E-state index in [4.69, 9.17) is 0 Å². The van der Waals surface area contributed by atoms with Gasteiger partial charge < -0.3 is 10.1 Å². The van der Waals surface area contributed by atoms with Crippen LogP contribution in [-0.4, -0.2) is 39.7 Å². The number of fused-ring (bicyclic) bond motifs is 1. The van der Waals surface area contributed by atoms with Crippen LogP contribution in [0.3, 0.4) is 0 Å². The topological polar surface area (TPSA) is 69.2 Å². The summed E-state index contributed by atoms with van der Waals surface area (Å²) in [6.07, 6.45) is 0.368. The predicted octanol–water partition coefficient (Wildman–Crippen LogP) is 2.85. The average molecular weight is 343 g/mol. The van der Waals surface area contributed by atoms with Crippen LogP contribution in [0.2, 0.25) is 0 Å². The van der Waals surface area contributed by atoms with E-state index in [0.29, 0.717) is 24.2 Å². The van der Waals surface area contributed by atoms with Crippen molar-refractivity contribution in [3.05, 3.63) is 52.6 Å². The minimum absolute atomic E-state index is 0.0997. The van der Waals surface area contributed by atoms with Crippen LogP contribution in [0.5, 0.6) is 0 Å². The van der Waals surface area contributed by atoms with Gasteiger partial charge in [0.2, 0.25) is 0 Å². The number of aromatic amines is 1. The van der Waals surface area contributed by atoms with Crippen LogP contribution < -0.4 is 5.56 Å². The van der Waals surface area contributed by atoms with Crippen molar-refractivity contribution in [3.63, 3.8) is 0 Å². The van der Waals surface area contributed by atoms with Crippen LogP contribution >= 0.6 is 11.3 Å². The number of hydrogen-bond acceptors (Lipinski definition) is 5. The summed E-state index contributed by atoms with van der Waals surface area (Å²) in [7, 11) is 1.95. The van der Waals surface area contributed by atoms with Gasteiger partial charge in [0.15, 0.2) is 0 Å². The van der Waals surface area contributed by atoms with Crippen LogP contribution in [0.15, 0.2) is 41.2 Å². The number of aromatic nitrogens is 2. The molecule has 2 N–H and O–H groups in total. The molecule has 0 spiro atoms. The third-order valence-electron chi connectivity index (χ3n) is 3.86. The number of nitrogens with zero attached hydrogens (tertiary/aromatic N) is 2. The molecule has 0 amide bonds. The summed E-state index contributed by atoms with van der Waals surface area (Å²) in [5.41, 5.74) is 0.993. The predicted molar refractivity (Wildman–Crippen MR) is 98.3 cm³/mol. The van der Waals surface area contributed by atoms with Gasteiger partial charge in [-0.1, -0.05) is 30.3 Å². The van der Waals surface area contributed by atoms with Crippen molar-refractivity contribution < 1.29 is 5.11 Å². The molecule has 0 radical (unpaired) electrons. The van der Waals surface area contributed by atoms with E-state index < -0.39 is 0 Å². The van der Waals surface area contributed by atoms with E-state index >= 15 is 0 Å². The summed E-state index contributed by atoms with van der Waals surface area (Å²) < 4.78 is 0. The monoisotopic (exact) mass is 343 g/mol. The summed E-state index contributed by atoms with van der Waals surface area (Å²) in [4.78, 5) is 23.7. The largest absolute Gasteiger partial charge is 0.393 e. The van der Waals surface area contributed by atoms with E-state index in [2.05, 4.69) is 9.97 Å². The highest BCUT2D eigenvalue weighted by Crippen LogP contribution is 2.30. The fourth-order valence-corrected chi connectivity index (χ4v) is 3.59. The highest BCUT2D eigenvalue weighted by atomic mass is 32.1. The van der Waals surface area contributed by atoms with E-state index in [0.717, 1.165) is 21.8 Å². The van der Waals surface area contributed by atoms with Crippen molar-refractivity contribution in [2.75, 3.05) is 13.6 Å². The average Bonchev–Trinajstić information content (AvgIpc) is 2.98. The SMILES string of the molecule is CC(O)CCN(C)Cc1nc2sc(-c3ccccc3)cc2c(=O)[nH]1. The molecule has 0 bridgehead atoms. The molecular formula is C18H21N3O2S. The van der Waals surface area contributed by atoms with Gasteiger partial charge in [-0.2, -0.15) is 0 Å². The molecule has 24 heavy (non-hydrogen) atoms. The van der Waals surface area contributed by atoms with Gasteiger partial charge in [0.1, 0.15) is 10.7 Å². The lowest BCUT2D eigenvalue weighted by Gasteiger charge is -2.16. The van der Waals surface area contributed by atoms with E-state index in [9.17, 15) is 9.90 Å². The Morgan fingerprint density at radius 1 is 1.33 bits per heavy atom. The highest BCUT2D eigenvalue weighted by Gasteiger charge is 2.11. The van der Waals surface area contributed by atoms with Gasteiger partial charge in [-0.05, 0) is 32.0 Å². The summed E-state index contributed by atoms with van der Waals surface area (Å²) in [5, 5.41) is 10.00. The third kappa shape index (κ3) is 3.90. The molecule has 6 heteroatoms. The Morgan fingerprint density at radius 2 is 2.08 bits per heavy atom. The van der Waals surface area contributed by atoms with Crippen LogP contribution in [0, 0.1) is 0 Å². The third-order valence-corrected chi connectivity index (χ3v) is 4.94. The zero-order valence-electron chi connectivity index (χ0n) is 13.8. The second-order valence-corrected chi connectivity index (χ2v) is 7.11. The van der Waals surface area contributed by atoms with Crippen LogP contribution in [-0.2, 0) is 6.54 Å². The van der Waals surface area contributed by atoms with Crippen molar-refractivity contribution in [1.29, 1.82) is 0 Å². The fourth-order valence-electron chi connectivity index (χ4n) is 2.54. The smallest absolute Gasteiger partial charge is 0.259 e. The van der Waals surface area contributed by atoms with Gasteiger partial charge in [0, 0.05) is 11.4 Å². The van der Waals surface area contributed by atoms with Crippen LogP contribution in [0.1, 0.15) is 19.2 Å². The molecule has 0 saturated heterocycles. The molecule has 1 aromatic carbocycles. The Balaban J connectivity index is 1.86. The number of benzene rings is 1. The van der Waals surface area contributed by atoms with E-state index in [1.54, 1.807) is 6.92 Å². The van der Waals surface area contributed by atoms with Gasteiger partial charge in [-0.3, -0.25) is 9.69 Å². The maximum absolute atomic E-state index is 12.3. The Bertz CT molecular complexity index is 871. The minimum Gasteiger partial charge on any atom is -0.393 e. The fraction of sp³-hybridized carbons (Fsp3) is 0.333. The number of aliphatic hydroxyl groups excluding tert-OH is 1. The zero-order chi connectivity index (χ0) is 17.1. The lowest BCUT2D eigenvalue weighted by atomic mass is 10.2. The highest BCUT2D eigenvalue weighted by molar-refractivity contribution is 7.21. The van der Waals surface area contributed by atoms with E-state index in [1.165, 1.54) is 11.3 Å². The lowest BCUT2D eigenvalue weighted by Crippen LogP contribution is -2.24. The number of nitrogens with one attached hydrogen (secondary N) is 1. The van der Waals surface area contributed by atoms with Crippen molar-refractivity contribution in [2.24, 2.45) is 0 Å². The molecule has 2 aromatic heterocycles. The molecule has 0 fully saturated rings. The Morgan fingerprint density at radius 3 is 2.79 bits per heavy atom. The molecule has 1 atom stereocenters. The second kappa shape index (κ2) is 7.25. The number of thiophene rings is 1. The van der Waals surface area contributed by atoms with Crippen LogP contribution in [0.25, 0.3) is 20.7 Å². The summed E-state index contributed by atoms with van der Waals surface area (Å²) in [6, 6.07) is 11.9. The van der Waals surface area contributed by atoms with Crippen molar-refractivity contribution in [3.8, 4) is 10.4 Å². The van der Waals surface area contributed by atoms with E-state index in [-0.39, 0.29) is 11.7 Å². The standard InChI is InChI=1S/C18H21N3O2S/c1-12(22)8-9-21(2)11-16-19-17(23)14-10-15(24-18(14)20-16)13-6-4-3-5-7-13/h3-7,10,12,22H,8-9,11H2,1-2H3,(H,19,20,23). The lowest BCUT2D eigenvalue weighted by molar-refractivity contribution is 0.162. The first-order valence-corrected chi connectivity index (χ1v) is 8.79. The van der Waals surface area contributed by atoms with Gasteiger partial charge >= 0.3 is 0 Å². The minimum atomic E-state index is -0.326. The maximum atomic E-state index is 12.3. The molecule has 3 aromatic rings. The van der Waals surface area contributed by atoms with Gasteiger partial charge in [0.25, 0.3) is 5.56 Å². The van der Waals surface area contributed by atoms with Gasteiger partial charge in [0.05, 0.1) is 18.0 Å². The molecule has 5 nitrogen and oxygen atoms in total. The molecule has 126 valence electrons. The Kier molecular flexibility index (Phi) is 5.08. The molecular weight excluding hydrogens is 322 g/mol. The number of H-pyrrole nitrogens is 1. The first-order chi connectivity index (χ1) is 11.5. The molecule has 0 saturated carbocycles. The molecule has 3 rings (SSSR count). The molecule has 0 aliphatic heterocycles. The molecule has 1 unspecified atom stereocenters. The van der Waals surface area contributed by atoms with Gasteiger partial charge in [-0.15, -0.1) is 11.3 Å². The van der Waals surface area contributed by atoms with E-state index in [1.807, 2.05) is 48.3 Å². The van der Waals surface area contributed by atoms with Crippen molar-refractivity contribution in [1.82, 2.24) is 14.9 Å². The first-order valence-electron chi connectivity index (χ1n) is 7.97. The zero-order valence-corrected chi connectivity index (χ0v) is 14.6. The molecule has 0 aliphatic rings. The number of aliphatic hydroxyl groups is 1. The second-order valence-electron chi connectivity index (χ2n) is 6.08. The normalized spacial score (nSPS) is 12.8. The molecule has 0 aliphatic carbocycles. The maximum Gasteiger partial charge on any atom is 0.259 e. The van der Waals surface area contributed by atoms with Crippen molar-refractivity contribution >= 4 is 21.6 Å². The Hall–Kier alpha value is -2.02. The summed E-state index contributed by atoms with van der Waals surface area (Å²) >= 11 is 1.53. The summed E-state index contributed by atoms with van der Waals surface area (Å²) in [6.45, 7) is 3.08.